The molecule has 0 aliphatic heterocycles. The van der Waals surface area contributed by atoms with Gasteiger partial charge in [-0.25, -0.2) is 9.78 Å². The van der Waals surface area contributed by atoms with E-state index < -0.39 is 0 Å². The molecular weight excluding hydrogens is 252 g/mol. The number of aromatic nitrogens is 2. The van der Waals surface area contributed by atoms with Gasteiger partial charge in [-0.2, -0.15) is 0 Å². The third-order valence-corrected chi connectivity index (χ3v) is 2.78. The number of rotatable bonds is 5. The van der Waals surface area contributed by atoms with Gasteiger partial charge in [-0.1, -0.05) is 30.3 Å². The topological polar surface area (TPSA) is 69.8 Å². The van der Waals surface area contributed by atoms with Crippen molar-refractivity contribution in [1.29, 1.82) is 0 Å². The summed E-state index contributed by atoms with van der Waals surface area (Å²) < 4.78 is 0. The highest BCUT2D eigenvalue weighted by Gasteiger charge is 2.04. The van der Waals surface area contributed by atoms with Crippen molar-refractivity contribution in [3.8, 4) is 11.3 Å². The standard InChI is InChI=1S/C15H20N4O/c1-11(2)18-15(20)16-9-8-14-17-10-13(19-14)12-6-4-3-5-7-12/h3-7,10-11H,8-9H2,1-2H3,(H,17,19)(H2,16,18,20). The molecule has 0 atom stereocenters. The minimum absolute atomic E-state index is 0.142. The number of imidazole rings is 1. The molecule has 0 saturated heterocycles. The van der Waals surface area contributed by atoms with Crippen LogP contribution in [-0.2, 0) is 6.42 Å². The number of amides is 2. The van der Waals surface area contributed by atoms with E-state index in [1.807, 2.05) is 50.4 Å². The van der Waals surface area contributed by atoms with Gasteiger partial charge in [-0.05, 0) is 19.4 Å². The Kier molecular flexibility index (Phi) is 4.76. The first kappa shape index (κ1) is 14.1. The summed E-state index contributed by atoms with van der Waals surface area (Å²) in [7, 11) is 0. The fourth-order valence-electron chi connectivity index (χ4n) is 1.86. The van der Waals surface area contributed by atoms with Crippen LogP contribution >= 0.6 is 0 Å². The average molecular weight is 272 g/mol. The Morgan fingerprint density at radius 1 is 1.30 bits per heavy atom. The lowest BCUT2D eigenvalue weighted by Gasteiger charge is -2.09. The fourth-order valence-corrected chi connectivity index (χ4v) is 1.86. The Balaban J connectivity index is 1.83. The van der Waals surface area contributed by atoms with Crippen molar-refractivity contribution < 1.29 is 4.79 Å². The van der Waals surface area contributed by atoms with Crippen molar-refractivity contribution in [2.45, 2.75) is 26.3 Å². The van der Waals surface area contributed by atoms with E-state index in [9.17, 15) is 4.79 Å². The van der Waals surface area contributed by atoms with Crippen LogP contribution in [0.25, 0.3) is 11.3 Å². The molecule has 20 heavy (non-hydrogen) atoms. The van der Waals surface area contributed by atoms with Crippen LogP contribution in [0.15, 0.2) is 36.5 Å². The van der Waals surface area contributed by atoms with Gasteiger partial charge in [0.1, 0.15) is 5.82 Å². The molecule has 0 aliphatic carbocycles. The zero-order valence-electron chi connectivity index (χ0n) is 11.8. The van der Waals surface area contributed by atoms with E-state index in [-0.39, 0.29) is 12.1 Å². The van der Waals surface area contributed by atoms with Gasteiger partial charge in [0.05, 0.1) is 11.9 Å². The number of benzene rings is 1. The summed E-state index contributed by atoms with van der Waals surface area (Å²) in [5.74, 6) is 0.869. The van der Waals surface area contributed by atoms with Gasteiger partial charge < -0.3 is 15.6 Å². The first-order chi connectivity index (χ1) is 9.65. The third-order valence-electron chi connectivity index (χ3n) is 2.78. The predicted octanol–water partition coefficient (Wildman–Crippen LogP) is 2.33. The second kappa shape index (κ2) is 6.75. The molecule has 2 aromatic rings. The highest BCUT2D eigenvalue weighted by atomic mass is 16.2. The summed E-state index contributed by atoms with van der Waals surface area (Å²) in [6.45, 7) is 4.41. The van der Waals surface area contributed by atoms with E-state index in [1.54, 1.807) is 0 Å². The number of urea groups is 1. The fraction of sp³-hybridized carbons (Fsp3) is 0.333. The maximum Gasteiger partial charge on any atom is 0.314 e. The lowest BCUT2D eigenvalue weighted by atomic mass is 10.2. The Labute approximate surface area is 118 Å². The largest absolute Gasteiger partial charge is 0.342 e. The molecule has 0 bridgehead atoms. The molecule has 0 saturated carbocycles. The maximum atomic E-state index is 11.4. The number of nitrogens with zero attached hydrogens (tertiary/aromatic N) is 1. The zero-order chi connectivity index (χ0) is 14.4. The molecule has 5 heteroatoms. The molecule has 0 spiro atoms. The van der Waals surface area contributed by atoms with Crippen LogP contribution in [0.5, 0.6) is 0 Å². The zero-order valence-corrected chi connectivity index (χ0v) is 11.8. The van der Waals surface area contributed by atoms with E-state index in [4.69, 9.17) is 0 Å². The quantitative estimate of drug-likeness (QED) is 0.782. The van der Waals surface area contributed by atoms with Gasteiger partial charge in [-0.15, -0.1) is 0 Å². The summed E-state index contributed by atoms with van der Waals surface area (Å²) in [6.07, 6.45) is 2.50. The molecule has 1 heterocycles. The van der Waals surface area contributed by atoms with Gasteiger partial charge in [-0.3, -0.25) is 0 Å². The van der Waals surface area contributed by atoms with Crippen LogP contribution < -0.4 is 10.6 Å². The highest BCUT2D eigenvalue weighted by molar-refractivity contribution is 5.74. The molecule has 0 fully saturated rings. The summed E-state index contributed by atoms with van der Waals surface area (Å²) in [5.41, 5.74) is 2.10. The minimum Gasteiger partial charge on any atom is -0.342 e. The van der Waals surface area contributed by atoms with Crippen LogP contribution in [0.2, 0.25) is 0 Å². The van der Waals surface area contributed by atoms with Crippen LogP contribution in [-0.4, -0.2) is 28.6 Å². The number of carbonyl (C=O) groups excluding carboxylic acids is 1. The second-order valence-electron chi connectivity index (χ2n) is 4.91. The number of nitrogens with one attached hydrogen (secondary N) is 3. The van der Waals surface area contributed by atoms with E-state index >= 15 is 0 Å². The number of aromatic amines is 1. The number of hydrogen-bond acceptors (Lipinski definition) is 2. The predicted molar refractivity (Wildman–Crippen MR) is 79.4 cm³/mol. The molecule has 2 rings (SSSR count). The van der Waals surface area contributed by atoms with E-state index in [0.29, 0.717) is 13.0 Å². The summed E-state index contributed by atoms with van der Waals surface area (Å²) in [4.78, 5) is 19.0. The first-order valence-electron chi connectivity index (χ1n) is 6.79. The molecule has 106 valence electrons. The molecule has 1 aromatic heterocycles. The Morgan fingerprint density at radius 3 is 2.75 bits per heavy atom. The maximum absolute atomic E-state index is 11.4. The minimum atomic E-state index is -0.144. The van der Waals surface area contributed by atoms with Crippen molar-refractivity contribution in [2.24, 2.45) is 0 Å². The smallest absolute Gasteiger partial charge is 0.314 e. The van der Waals surface area contributed by atoms with Crippen molar-refractivity contribution in [3.63, 3.8) is 0 Å². The lowest BCUT2D eigenvalue weighted by molar-refractivity contribution is 0.238. The molecule has 1 aromatic carbocycles. The van der Waals surface area contributed by atoms with E-state index in [0.717, 1.165) is 17.1 Å². The normalized spacial score (nSPS) is 10.6. The molecule has 0 radical (unpaired) electrons. The van der Waals surface area contributed by atoms with Gasteiger partial charge >= 0.3 is 6.03 Å². The van der Waals surface area contributed by atoms with Crippen LogP contribution in [0.1, 0.15) is 19.7 Å². The monoisotopic (exact) mass is 272 g/mol. The van der Waals surface area contributed by atoms with Gasteiger partial charge in [0.2, 0.25) is 0 Å². The average Bonchev–Trinajstić information content (AvgIpc) is 2.88. The number of hydrogen-bond donors (Lipinski definition) is 3. The molecule has 2 amide bonds. The van der Waals surface area contributed by atoms with E-state index in [1.165, 1.54) is 0 Å². The van der Waals surface area contributed by atoms with E-state index in [2.05, 4.69) is 20.6 Å². The molecule has 0 unspecified atom stereocenters. The van der Waals surface area contributed by atoms with Gasteiger partial charge in [0.25, 0.3) is 0 Å². The molecule has 3 N–H and O–H groups in total. The van der Waals surface area contributed by atoms with Crippen molar-refractivity contribution in [1.82, 2.24) is 20.6 Å². The molecule has 0 aliphatic rings. The molecule has 5 nitrogen and oxygen atoms in total. The number of carbonyl (C=O) groups is 1. The van der Waals surface area contributed by atoms with Crippen LogP contribution in [0.3, 0.4) is 0 Å². The Bertz CT molecular complexity index is 548. The van der Waals surface area contributed by atoms with Crippen LogP contribution in [0.4, 0.5) is 4.79 Å². The Hall–Kier alpha value is -2.30. The van der Waals surface area contributed by atoms with Crippen molar-refractivity contribution >= 4 is 6.03 Å². The lowest BCUT2D eigenvalue weighted by Crippen LogP contribution is -2.40. The Morgan fingerprint density at radius 2 is 2.05 bits per heavy atom. The van der Waals surface area contributed by atoms with Crippen LogP contribution in [0, 0.1) is 0 Å². The molecular formula is C15H20N4O. The summed E-state index contributed by atoms with van der Waals surface area (Å²) in [5, 5.41) is 5.58. The second-order valence-corrected chi connectivity index (χ2v) is 4.91. The highest BCUT2D eigenvalue weighted by Crippen LogP contribution is 2.15. The summed E-state index contributed by atoms with van der Waals surface area (Å²) in [6, 6.07) is 10.0. The van der Waals surface area contributed by atoms with Crippen molar-refractivity contribution in [3.05, 3.63) is 42.4 Å². The first-order valence-corrected chi connectivity index (χ1v) is 6.79. The summed E-state index contributed by atoms with van der Waals surface area (Å²) >= 11 is 0. The van der Waals surface area contributed by atoms with Gasteiger partial charge in [0.15, 0.2) is 0 Å². The third kappa shape index (κ3) is 4.12. The van der Waals surface area contributed by atoms with Crippen molar-refractivity contribution in [2.75, 3.05) is 6.54 Å². The SMILES string of the molecule is CC(C)NC(=O)NCCc1ncc(-c2ccccc2)[nH]1. The van der Waals surface area contributed by atoms with Gasteiger partial charge in [0, 0.05) is 19.0 Å². The number of H-pyrrole nitrogens is 1.